The van der Waals surface area contributed by atoms with Crippen LogP contribution in [0.25, 0.3) is 0 Å². The molecule has 0 unspecified atom stereocenters. The van der Waals surface area contributed by atoms with E-state index < -0.39 is 0 Å². The Balaban J connectivity index is 2.15. The highest BCUT2D eigenvalue weighted by Gasteiger charge is 2.18. The lowest BCUT2D eigenvalue weighted by molar-refractivity contribution is -0.118. The number of anilines is 1. The third-order valence-electron chi connectivity index (χ3n) is 3.53. The molecule has 1 saturated heterocycles. The van der Waals surface area contributed by atoms with Crippen LogP contribution < -0.4 is 5.32 Å². The Kier molecular flexibility index (Phi) is 4.94. The van der Waals surface area contributed by atoms with Gasteiger partial charge in [-0.25, -0.2) is 0 Å². The summed E-state index contributed by atoms with van der Waals surface area (Å²) in [7, 11) is 0. The molecule has 0 atom stereocenters. The van der Waals surface area contributed by atoms with E-state index in [0.717, 1.165) is 29.5 Å². The third-order valence-corrected chi connectivity index (χ3v) is 4.24. The monoisotopic (exact) mass is 338 g/mol. The lowest BCUT2D eigenvalue weighted by Crippen LogP contribution is -2.42. The van der Waals surface area contributed by atoms with Crippen molar-refractivity contribution in [2.75, 3.05) is 25.0 Å². The van der Waals surface area contributed by atoms with Crippen LogP contribution in [-0.2, 0) is 11.2 Å². The maximum atomic E-state index is 11.9. The van der Waals surface area contributed by atoms with Gasteiger partial charge < -0.3 is 5.32 Å². The van der Waals surface area contributed by atoms with Crippen molar-refractivity contribution >= 4 is 33.3 Å². The summed E-state index contributed by atoms with van der Waals surface area (Å²) in [6.45, 7) is 5.96. The van der Waals surface area contributed by atoms with Crippen LogP contribution in [0.2, 0.25) is 0 Å². The van der Waals surface area contributed by atoms with Crippen LogP contribution in [0.4, 0.5) is 5.69 Å². The minimum atomic E-state index is -0.0321. The minimum absolute atomic E-state index is 0.0152. The number of nitrogens with zero attached hydrogens (tertiary/aromatic N) is 1. The van der Waals surface area contributed by atoms with Gasteiger partial charge in [0.15, 0.2) is 5.78 Å². The number of hydrogen-bond donors (Lipinski definition) is 1. The largest absolute Gasteiger partial charge is 0.325 e. The molecule has 0 radical (unpaired) electrons. The van der Waals surface area contributed by atoms with E-state index in [4.69, 9.17) is 0 Å². The number of amides is 1. The quantitative estimate of drug-likeness (QED) is 0.840. The highest BCUT2D eigenvalue weighted by molar-refractivity contribution is 9.10. The number of carbonyl (C=O) groups is 2. The Morgan fingerprint density at radius 2 is 2.05 bits per heavy atom. The van der Waals surface area contributed by atoms with Crippen molar-refractivity contribution in [2.45, 2.75) is 26.7 Å². The topological polar surface area (TPSA) is 49.4 Å². The molecule has 0 spiro atoms. The van der Waals surface area contributed by atoms with Crippen LogP contribution in [0, 0.1) is 0 Å². The maximum Gasteiger partial charge on any atom is 0.238 e. The number of carbonyl (C=O) groups excluding carboxylic acids is 2. The number of nitrogens with one attached hydrogen (secondary N) is 1. The van der Waals surface area contributed by atoms with Gasteiger partial charge in [0.2, 0.25) is 5.91 Å². The van der Waals surface area contributed by atoms with Gasteiger partial charge in [-0.2, -0.15) is 0 Å². The summed E-state index contributed by atoms with van der Waals surface area (Å²) in [4.78, 5) is 25.7. The minimum Gasteiger partial charge on any atom is -0.325 e. The van der Waals surface area contributed by atoms with E-state index in [1.165, 1.54) is 6.42 Å². The summed E-state index contributed by atoms with van der Waals surface area (Å²) in [6, 6.07) is 3.62. The van der Waals surface area contributed by atoms with Crippen molar-refractivity contribution in [3.8, 4) is 0 Å². The number of likely N-dealkylation sites (tertiary alicyclic amines) is 1. The molecule has 1 heterocycles. The molecule has 5 heteroatoms. The number of ketones is 1. The molecule has 108 valence electrons. The second-order valence-electron chi connectivity index (χ2n) is 5.07. The molecule has 1 aliphatic heterocycles. The third kappa shape index (κ3) is 3.46. The van der Waals surface area contributed by atoms with Crippen molar-refractivity contribution in [1.82, 2.24) is 4.90 Å². The Hall–Kier alpha value is -1.20. The molecule has 0 saturated carbocycles. The normalized spacial score (nSPS) is 14.8. The van der Waals surface area contributed by atoms with Crippen LogP contribution in [0.5, 0.6) is 0 Å². The fourth-order valence-electron chi connectivity index (χ4n) is 2.33. The molecule has 1 amide bonds. The smallest absolute Gasteiger partial charge is 0.238 e. The fourth-order valence-corrected chi connectivity index (χ4v) is 3.07. The lowest BCUT2D eigenvalue weighted by atomic mass is 10.0. The van der Waals surface area contributed by atoms with Gasteiger partial charge in [0.25, 0.3) is 0 Å². The fraction of sp³-hybridized carbons (Fsp3) is 0.467. The highest BCUT2D eigenvalue weighted by Crippen LogP contribution is 2.27. The van der Waals surface area contributed by atoms with Gasteiger partial charge in [0.05, 0.1) is 6.54 Å². The first-order valence-corrected chi connectivity index (χ1v) is 7.66. The SMILES string of the molecule is CCc1c(Br)cc(NC(=O)CN2CCC2)cc1C(C)=O. The van der Waals surface area contributed by atoms with Gasteiger partial charge in [-0.05, 0) is 50.6 Å². The first kappa shape index (κ1) is 15.2. The molecule has 1 aromatic carbocycles. The molecule has 0 aromatic heterocycles. The molecular weight excluding hydrogens is 320 g/mol. The zero-order valence-electron chi connectivity index (χ0n) is 11.8. The molecule has 0 bridgehead atoms. The van der Waals surface area contributed by atoms with Gasteiger partial charge in [0, 0.05) is 15.7 Å². The molecule has 1 N–H and O–H groups in total. The summed E-state index contributed by atoms with van der Waals surface area (Å²) in [6.07, 6.45) is 1.94. The van der Waals surface area contributed by atoms with E-state index in [9.17, 15) is 9.59 Å². The summed E-state index contributed by atoms with van der Waals surface area (Å²) in [5, 5.41) is 2.87. The first-order valence-electron chi connectivity index (χ1n) is 6.86. The Bertz CT molecular complexity index is 539. The second-order valence-corrected chi connectivity index (χ2v) is 5.93. The molecule has 2 rings (SSSR count). The predicted molar refractivity (Wildman–Crippen MR) is 83.2 cm³/mol. The standard InChI is InChI=1S/C15H19BrN2O2/c1-3-12-13(10(2)19)7-11(8-14(12)16)17-15(20)9-18-5-4-6-18/h7-8H,3-6,9H2,1-2H3,(H,17,20). The summed E-state index contributed by atoms with van der Waals surface area (Å²) in [5.41, 5.74) is 2.32. The van der Waals surface area contributed by atoms with Crippen LogP contribution >= 0.6 is 15.9 Å². The summed E-state index contributed by atoms with van der Waals surface area (Å²) >= 11 is 3.48. The van der Waals surface area contributed by atoms with Gasteiger partial charge >= 0.3 is 0 Å². The molecule has 1 aliphatic rings. The van der Waals surface area contributed by atoms with Gasteiger partial charge in [-0.1, -0.05) is 22.9 Å². The van der Waals surface area contributed by atoms with Crippen LogP contribution in [0.15, 0.2) is 16.6 Å². The van der Waals surface area contributed by atoms with E-state index in [2.05, 4.69) is 26.1 Å². The molecular formula is C15H19BrN2O2. The molecule has 0 aliphatic carbocycles. The van der Waals surface area contributed by atoms with Crippen LogP contribution in [0.1, 0.15) is 36.2 Å². The first-order chi connectivity index (χ1) is 9.51. The average Bonchev–Trinajstić information content (AvgIpc) is 2.33. The van der Waals surface area contributed by atoms with E-state index in [-0.39, 0.29) is 11.7 Å². The highest BCUT2D eigenvalue weighted by atomic mass is 79.9. The number of Topliss-reactive ketones (excluding diaryl/α,β-unsaturated/α-hetero) is 1. The number of halogens is 1. The number of hydrogen-bond acceptors (Lipinski definition) is 3. The molecule has 20 heavy (non-hydrogen) atoms. The van der Waals surface area contributed by atoms with Crippen molar-refractivity contribution in [1.29, 1.82) is 0 Å². The van der Waals surface area contributed by atoms with Crippen molar-refractivity contribution < 1.29 is 9.59 Å². The molecule has 1 fully saturated rings. The van der Waals surface area contributed by atoms with E-state index in [0.29, 0.717) is 17.8 Å². The lowest BCUT2D eigenvalue weighted by Gasteiger charge is -2.29. The van der Waals surface area contributed by atoms with Gasteiger partial charge in [0.1, 0.15) is 0 Å². The summed E-state index contributed by atoms with van der Waals surface area (Å²) in [5.74, 6) is -0.0169. The number of rotatable bonds is 5. The zero-order valence-corrected chi connectivity index (χ0v) is 13.4. The maximum absolute atomic E-state index is 11.9. The molecule has 1 aromatic rings. The Labute approximate surface area is 127 Å². The predicted octanol–water partition coefficient (Wildman–Crippen LogP) is 2.86. The molecule has 4 nitrogen and oxygen atoms in total. The Morgan fingerprint density at radius 3 is 2.55 bits per heavy atom. The van der Waals surface area contributed by atoms with Crippen molar-refractivity contribution in [3.63, 3.8) is 0 Å². The van der Waals surface area contributed by atoms with E-state index in [1.807, 2.05) is 13.0 Å². The van der Waals surface area contributed by atoms with Crippen molar-refractivity contribution in [2.24, 2.45) is 0 Å². The van der Waals surface area contributed by atoms with E-state index in [1.54, 1.807) is 13.0 Å². The van der Waals surface area contributed by atoms with E-state index >= 15 is 0 Å². The van der Waals surface area contributed by atoms with Crippen molar-refractivity contribution in [3.05, 3.63) is 27.7 Å². The van der Waals surface area contributed by atoms with Gasteiger partial charge in [-0.3, -0.25) is 14.5 Å². The Morgan fingerprint density at radius 1 is 1.35 bits per heavy atom. The van der Waals surface area contributed by atoms with Gasteiger partial charge in [-0.15, -0.1) is 0 Å². The average molecular weight is 339 g/mol. The van der Waals surface area contributed by atoms with Crippen LogP contribution in [0.3, 0.4) is 0 Å². The zero-order chi connectivity index (χ0) is 14.7. The summed E-state index contributed by atoms with van der Waals surface area (Å²) < 4.78 is 0.868. The number of benzene rings is 1. The van der Waals surface area contributed by atoms with Crippen LogP contribution in [-0.4, -0.2) is 36.2 Å². The second kappa shape index (κ2) is 6.50.